The summed E-state index contributed by atoms with van der Waals surface area (Å²) in [6.45, 7) is 6.26. The molecule has 0 aromatic rings. The van der Waals surface area contributed by atoms with Gasteiger partial charge in [-0.3, -0.25) is 9.89 Å². The molecule has 1 aliphatic heterocycles. The Bertz CT molecular complexity index is 188. The lowest BCUT2D eigenvalue weighted by atomic mass is 9.98. The fourth-order valence-electron chi connectivity index (χ4n) is 2.21. The van der Waals surface area contributed by atoms with Crippen LogP contribution >= 0.6 is 0 Å². The summed E-state index contributed by atoms with van der Waals surface area (Å²) in [5.74, 6) is 0.197. The number of nitrogens with zero attached hydrogens (tertiary/aromatic N) is 2. The molecule has 0 bridgehead atoms. The van der Waals surface area contributed by atoms with E-state index in [0.717, 1.165) is 13.1 Å². The molecule has 0 aliphatic carbocycles. The minimum Gasteiger partial charge on any atom is -0.370 e. The fraction of sp³-hybridized carbons (Fsp3) is 0.900. The molecule has 4 heteroatoms. The molecule has 1 fully saturated rings. The van der Waals surface area contributed by atoms with E-state index in [-0.39, 0.29) is 5.96 Å². The van der Waals surface area contributed by atoms with E-state index in [4.69, 9.17) is 11.5 Å². The summed E-state index contributed by atoms with van der Waals surface area (Å²) >= 11 is 0. The van der Waals surface area contributed by atoms with Gasteiger partial charge in [0.2, 0.25) is 0 Å². The number of likely N-dealkylation sites (tertiary alicyclic amines) is 1. The predicted molar refractivity (Wildman–Crippen MR) is 60.2 cm³/mol. The largest absolute Gasteiger partial charge is 0.370 e. The van der Waals surface area contributed by atoms with Crippen LogP contribution in [0.4, 0.5) is 0 Å². The monoisotopic (exact) mass is 198 g/mol. The fourth-order valence-corrected chi connectivity index (χ4v) is 2.21. The maximum absolute atomic E-state index is 5.29. The number of piperidine rings is 1. The molecule has 2 atom stereocenters. The van der Waals surface area contributed by atoms with Crippen LogP contribution in [0.2, 0.25) is 0 Å². The van der Waals surface area contributed by atoms with E-state index in [9.17, 15) is 0 Å². The maximum Gasteiger partial charge on any atom is 0.185 e. The van der Waals surface area contributed by atoms with E-state index in [0.29, 0.717) is 12.1 Å². The molecule has 4 N–H and O–H groups in total. The normalized spacial score (nSPS) is 28.7. The first-order valence-corrected chi connectivity index (χ1v) is 5.42. The van der Waals surface area contributed by atoms with E-state index in [1.165, 1.54) is 19.3 Å². The number of guanidine groups is 1. The Balaban J connectivity index is 2.36. The average molecular weight is 198 g/mol. The second-order valence-corrected chi connectivity index (χ2v) is 4.17. The van der Waals surface area contributed by atoms with Gasteiger partial charge in [-0.2, -0.15) is 0 Å². The SMILES string of the molecule is CC1CCCC(C)N1CCN=C(N)N. The molecular formula is C10H22N4. The van der Waals surface area contributed by atoms with Crippen LogP contribution in [0.15, 0.2) is 4.99 Å². The molecule has 0 aromatic carbocycles. The molecule has 2 unspecified atom stereocenters. The molecule has 1 heterocycles. The van der Waals surface area contributed by atoms with Crippen LogP contribution < -0.4 is 11.5 Å². The third-order valence-electron chi connectivity index (χ3n) is 3.03. The van der Waals surface area contributed by atoms with E-state index in [1.54, 1.807) is 0 Å². The van der Waals surface area contributed by atoms with Gasteiger partial charge in [-0.25, -0.2) is 0 Å². The molecule has 0 aromatic heterocycles. The average Bonchev–Trinajstić information content (AvgIpc) is 2.09. The van der Waals surface area contributed by atoms with Crippen LogP contribution in [0.25, 0.3) is 0 Å². The van der Waals surface area contributed by atoms with Crippen molar-refractivity contribution in [1.29, 1.82) is 0 Å². The van der Waals surface area contributed by atoms with Crippen molar-refractivity contribution in [2.24, 2.45) is 16.5 Å². The van der Waals surface area contributed by atoms with Crippen LogP contribution in [-0.4, -0.2) is 36.0 Å². The van der Waals surface area contributed by atoms with E-state index in [2.05, 4.69) is 23.7 Å². The second kappa shape index (κ2) is 5.20. The molecule has 0 amide bonds. The van der Waals surface area contributed by atoms with Crippen molar-refractivity contribution in [1.82, 2.24) is 4.90 Å². The topological polar surface area (TPSA) is 67.6 Å². The molecule has 14 heavy (non-hydrogen) atoms. The van der Waals surface area contributed by atoms with E-state index >= 15 is 0 Å². The standard InChI is InChI=1S/C10H22N4/c1-8-4-3-5-9(2)14(8)7-6-13-10(11)12/h8-9H,3-7H2,1-2H3,(H4,11,12,13). The van der Waals surface area contributed by atoms with Crippen molar-refractivity contribution < 1.29 is 0 Å². The first-order valence-electron chi connectivity index (χ1n) is 5.42. The van der Waals surface area contributed by atoms with Crippen LogP contribution in [0.1, 0.15) is 33.1 Å². The molecule has 0 spiro atoms. The van der Waals surface area contributed by atoms with Crippen LogP contribution in [0.5, 0.6) is 0 Å². The molecule has 82 valence electrons. The molecule has 1 rings (SSSR count). The zero-order valence-corrected chi connectivity index (χ0v) is 9.24. The van der Waals surface area contributed by atoms with Crippen molar-refractivity contribution in [2.45, 2.75) is 45.2 Å². The third-order valence-corrected chi connectivity index (χ3v) is 3.03. The van der Waals surface area contributed by atoms with Gasteiger partial charge >= 0.3 is 0 Å². The summed E-state index contributed by atoms with van der Waals surface area (Å²) in [6, 6.07) is 1.35. The van der Waals surface area contributed by atoms with Gasteiger partial charge in [0.15, 0.2) is 5.96 Å². The van der Waals surface area contributed by atoms with Gasteiger partial charge in [0, 0.05) is 18.6 Å². The Morgan fingerprint density at radius 2 is 1.86 bits per heavy atom. The third kappa shape index (κ3) is 3.18. The summed E-state index contributed by atoms with van der Waals surface area (Å²) in [4.78, 5) is 6.51. The summed E-state index contributed by atoms with van der Waals surface area (Å²) in [5, 5.41) is 0. The number of rotatable bonds is 3. The number of nitrogens with two attached hydrogens (primary N) is 2. The van der Waals surface area contributed by atoms with Crippen molar-refractivity contribution in [2.75, 3.05) is 13.1 Å². The highest BCUT2D eigenvalue weighted by Gasteiger charge is 2.23. The van der Waals surface area contributed by atoms with Crippen molar-refractivity contribution >= 4 is 5.96 Å². The lowest BCUT2D eigenvalue weighted by molar-refractivity contribution is 0.108. The Hall–Kier alpha value is -0.770. The van der Waals surface area contributed by atoms with Gasteiger partial charge < -0.3 is 11.5 Å². The zero-order valence-electron chi connectivity index (χ0n) is 9.24. The van der Waals surface area contributed by atoms with Gasteiger partial charge in [0.05, 0.1) is 6.54 Å². The summed E-state index contributed by atoms with van der Waals surface area (Å²) in [5.41, 5.74) is 10.6. The molecular weight excluding hydrogens is 176 g/mol. The molecule has 4 nitrogen and oxygen atoms in total. The second-order valence-electron chi connectivity index (χ2n) is 4.17. The highest BCUT2D eigenvalue weighted by Crippen LogP contribution is 2.21. The van der Waals surface area contributed by atoms with Crippen molar-refractivity contribution in [3.63, 3.8) is 0 Å². The predicted octanol–water partition coefficient (Wildman–Crippen LogP) is 0.523. The smallest absolute Gasteiger partial charge is 0.185 e. The van der Waals surface area contributed by atoms with Gasteiger partial charge in [-0.05, 0) is 26.7 Å². The quantitative estimate of drug-likeness (QED) is 0.513. The highest BCUT2D eigenvalue weighted by atomic mass is 15.2. The highest BCUT2D eigenvalue weighted by molar-refractivity contribution is 5.75. The summed E-state index contributed by atoms with van der Waals surface area (Å²) in [6.07, 6.45) is 3.94. The van der Waals surface area contributed by atoms with Gasteiger partial charge in [0.1, 0.15) is 0 Å². The van der Waals surface area contributed by atoms with Crippen LogP contribution in [-0.2, 0) is 0 Å². The Kier molecular flexibility index (Phi) is 4.20. The molecule has 1 saturated heterocycles. The lowest BCUT2D eigenvalue weighted by Gasteiger charge is -2.38. The van der Waals surface area contributed by atoms with E-state index < -0.39 is 0 Å². The first-order chi connectivity index (χ1) is 6.61. The van der Waals surface area contributed by atoms with E-state index in [1.807, 2.05) is 0 Å². The molecule has 0 saturated carbocycles. The van der Waals surface area contributed by atoms with Gasteiger partial charge in [0.25, 0.3) is 0 Å². The van der Waals surface area contributed by atoms with Crippen molar-refractivity contribution in [3.05, 3.63) is 0 Å². The molecule has 0 radical (unpaired) electrons. The number of hydrogen-bond acceptors (Lipinski definition) is 2. The Morgan fingerprint density at radius 3 is 2.36 bits per heavy atom. The Morgan fingerprint density at radius 1 is 1.29 bits per heavy atom. The number of aliphatic imine (C=N–C) groups is 1. The van der Waals surface area contributed by atoms with Gasteiger partial charge in [-0.15, -0.1) is 0 Å². The lowest BCUT2D eigenvalue weighted by Crippen LogP contribution is -2.45. The van der Waals surface area contributed by atoms with Gasteiger partial charge in [-0.1, -0.05) is 6.42 Å². The Labute approximate surface area is 86.4 Å². The van der Waals surface area contributed by atoms with Crippen molar-refractivity contribution in [3.8, 4) is 0 Å². The minimum atomic E-state index is 0.197. The first kappa shape index (κ1) is 11.3. The summed E-state index contributed by atoms with van der Waals surface area (Å²) in [7, 11) is 0. The van der Waals surface area contributed by atoms with Crippen LogP contribution in [0, 0.1) is 0 Å². The molecule has 1 aliphatic rings. The zero-order chi connectivity index (χ0) is 10.6. The van der Waals surface area contributed by atoms with Crippen LogP contribution in [0.3, 0.4) is 0 Å². The summed E-state index contributed by atoms with van der Waals surface area (Å²) < 4.78 is 0. The minimum absolute atomic E-state index is 0.197. The maximum atomic E-state index is 5.29. The number of hydrogen-bond donors (Lipinski definition) is 2.